The van der Waals surface area contributed by atoms with E-state index in [1.54, 1.807) is 36.4 Å². The first kappa shape index (κ1) is 20.5. The van der Waals surface area contributed by atoms with Crippen molar-refractivity contribution in [1.29, 1.82) is 0 Å². The lowest BCUT2D eigenvalue weighted by Crippen LogP contribution is -1.88. The van der Waals surface area contributed by atoms with Crippen LogP contribution in [0.5, 0.6) is 11.5 Å². The Morgan fingerprint density at radius 1 is 0.889 bits per heavy atom. The molecule has 0 radical (unpaired) electrons. The molecule has 0 aliphatic heterocycles. The summed E-state index contributed by atoms with van der Waals surface area (Å²) in [6.45, 7) is 6.23. The Morgan fingerprint density at radius 2 is 1.48 bits per heavy atom. The normalized spacial score (nSPS) is 11.8. The Balaban J connectivity index is 2.07. The van der Waals surface area contributed by atoms with Gasteiger partial charge in [0.1, 0.15) is 17.3 Å². The van der Waals surface area contributed by atoms with Gasteiger partial charge in [-0.15, -0.1) is 0 Å². The number of hydrogen-bond acceptors (Lipinski definition) is 2. The number of halogens is 1. The minimum absolute atomic E-state index is 0.0714. The summed E-state index contributed by atoms with van der Waals surface area (Å²) in [6.07, 6.45) is 10.3. The Hall–Kier alpha value is -2.81. The average molecular weight is 366 g/mol. The highest BCUT2D eigenvalue weighted by molar-refractivity contribution is 5.71. The molecule has 0 saturated carbocycles. The fourth-order valence-electron chi connectivity index (χ4n) is 2.70. The standard InChI is InChI=1S/C24H27FO2/c1-17(2)5-4-6-18(3)7-14-22-23(26)15-20(16-24(22)27)9-8-19-10-12-21(25)13-11-19/h5,7-13,15-16,26-27H,4,6,14H2,1-3H3/b9-8-,18-7+. The van der Waals surface area contributed by atoms with E-state index in [-0.39, 0.29) is 17.3 Å². The third kappa shape index (κ3) is 6.78. The Morgan fingerprint density at radius 3 is 2.07 bits per heavy atom. The molecule has 0 bridgehead atoms. The zero-order valence-corrected chi connectivity index (χ0v) is 16.2. The van der Waals surface area contributed by atoms with E-state index >= 15 is 0 Å². The third-order valence-electron chi connectivity index (χ3n) is 4.31. The maximum Gasteiger partial charge on any atom is 0.123 e. The molecule has 0 atom stereocenters. The van der Waals surface area contributed by atoms with Crippen molar-refractivity contribution in [2.75, 3.05) is 0 Å². The van der Waals surface area contributed by atoms with Gasteiger partial charge in [0, 0.05) is 5.56 Å². The predicted octanol–water partition coefficient (Wildman–Crippen LogP) is 6.64. The Bertz CT molecular complexity index is 831. The monoisotopic (exact) mass is 366 g/mol. The molecule has 0 amide bonds. The highest BCUT2D eigenvalue weighted by atomic mass is 19.1. The van der Waals surface area contributed by atoms with Crippen LogP contribution in [0.2, 0.25) is 0 Å². The summed E-state index contributed by atoms with van der Waals surface area (Å²) in [4.78, 5) is 0. The van der Waals surface area contributed by atoms with Crippen LogP contribution in [0.4, 0.5) is 4.39 Å². The van der Waals surface area contributed by atoms with E-state index in [0.29, 0.717) is 17.5 Å². The van der Waals surface area contributed by atoms with Gasteiger partial charge in [-0.25, -0.2) is 4.39 Å². The molecule has 142 valence electrons. The summed E-state index contributed by atoms with van der Waals surface area (Å²) in [6, 6.07) is 9.38. The second kappa shape index (κ2) is 9.77. The van der Waals surface area contributed by atoms with E-state index in [9.17, 15) is 14.6 Å². The largest absolute Gasteiger partial charge is 0.507 e. The number of rotatable bonds is 7. The smallest absolute Gasteiger partial charge is 0.123 e. The van der Waals surface area contributed by atoms with Gasteiger partial charge >= 0.3 is 0 Å². The molecule has 0 saturated heterocycles. The zero-order valence-electron chi connectivity index (χ0n) is 16.2. The first-order valence-corrected chi connectivity index (χ1v) is 9.12. The highest BCUT2D eigenvalue weighted by Crippen LogP contribution is 2.31. The van der Waals surface area contributed by atoms with E-state index in [1.807, 2.05) is 6.08 Å². The summed E-state index contributed by atoms with van der Waals surface area (Å²) in [5, 5.41) is 20.6. The van der Waals surface area contributed by atoms with Crippen molar-refractivity contribution >= 4 is 12.2 Å². The van der Waals surface area contributed by atoms with Crippen molar-refractivity contribution in [3.05, 3.63) is 82.2 Å². The molecule has 0 aromatic heterocycles. The van der Waals surface area contributed by atoms with Gasteiger partial charge in [0.25, 0.3) is 0 Å². The first-order chi connectivity index (χ1) is 12.8. The zero-order chi connectivity index (χ0) is 19.8. The summed E-state index contributed by atoms with van der Waals surface area (Å²) < 4.78 is 12.9. The van der Waals surface area contributed by atoms with Crippen molar-refractivity contribution in [3.63, 3.8) is 0 Å². The molecule has 0 fully saturated rings. The van der Waals surface area contributed by atoms with Crippen LogP contribution in [0.15, 0.2) is 59.7 Å². The second-order valence-electron chi connectivity index (χ2n) is 7.00. The molecule has 2 aromatic rings. The van der Waals surface area contributed by atoms with E-state index in [1.165, 1.54) is 23.3 Å². The maximum absolute atomic E-state index is 12.9. The van der Waals surface area contributed by atoms with Crippen LogP contribution in [-0.4, -0.2) is 10.2 Å². The van der Waals surface area contributed by atoms with Crippen molar-refractivity contribution in [2.45, 2.75) is 40.0 Å². The van der Waals surface area contributed by atoms with Gasteiger partial charge in [-0.05, 0) is 75.4 Å². The first-order valence-electron chi connectivity index (χ1n) is 9.12. The van der Waals surface area contributed by atoms with Crippen LogP contribution >= 0.6 is 0 Å². The summed E-state index contributed by atoms with van der Waals surface area (Å²) >= 11 is 0. The fourth-order valence-corrected chi connectivity index (χ4v) is 2.70. The molecule has 0 aliphatic carbocycles. The average Bonchev–Trinajstić information content (AvgIpc) is 2.60. The lowest BCUT2D eigenvalue weighted by molar-refractivity contribution is 0.440. The topological polar surface area (TPSA) is 40.5 Å². The van der Waals surface area contributed by atoms with Gasteiger partial charge in [0.2, 0.25) is 0 Å². The minimum Gasteiger partial charge on any atom is -0.507 e. The second-order valence-corrected chi connectivity index (χ2v) is 7.00. The number of hydrogen-bond donors (Lipinski definition) is 2. The van der Waals surface area contributed by atoms with Crippen LogP contribution in [0.3, 0.4) is 0 Å². The van der Waals surface area contributed by atoms with Gasteiger partial charge in [0.15, 0.2) is 0 Å². The lowest BCUT2D eigenvalue weighted by Gasteiger charge is -2.08. The number of benzene rings is 2. The lowest BCUT2D eigenvalue weighted by atomic mass is 10.0. The van der Waals surface area contributed by atoms with E-state index in [0.717, 1.165) is 18.4 Å². The highest BCUT2D eigenvalue weighted by Gasteiger charge is 2.08. The van der Waals surface area contributed by atoms with Crippen LogP contribution in [0.25, 0.3) is 12.2 Å². The molecule has 2 N–H and O–H groups in total. The van der Waals surface area contributed by atoms with Crippen LogP contribution in [0, 0.1) is 5.82 Å². The Kier molecular flexibility index (Phi) is 7.42. The van der Waals surface area contributed by atoms with E-state index in [2.05, 4.69) is 26.8 Å². The van der Waals surface area contributed by atoms with Crippen molar-refractivity contribution in [2.24, 2.45) is 0 Å². The number of aromatic hydroxyl groups is 2. The quantitative estimate of drug-likeness (QED) is 0.426. The van der Waals surface area contributed by atoms with Crippen LogP contribution in [0.1, 0.15) is 50.3 Å². The van der Waals surface area contributed by atoms with Gasteiger partial charge in [-0.3, -0.25) is 0 Å². The van der Waals surface area contributed by atoms with Crippen molar-refractivity contribution in [1.82, 2.24) is 0 Å². The fraction of sp³-hybridized carbons (Fsp3) is 0.250. The SMILES string of the molecule is CC(C)=CCC/C(C)=C/Cc1c(O)cc(/C=C\c2ccc(F)cc2)cc1O. The van der Waals surface area contributed by atoms with Crippen LogP contribution < -0.4 is 0 Å². The molecule has 2 rings (SSSR count). The van der Waals surface area contributed by atoms with Gasteiger partial charge < -0.3 is 10.2 Å². The summed E-state index contributed by atoms with van der Waals surface area (Å²) in [5.41, 5.74) is 4.58. The van der Waals surface area contributed by atoms with Crippen molar-refractivity contribution in [3.8, 4) is 11.5 Å². The third-order valence-corrected chi connectivity index (χ3v) is 4.31. The molecular formula is C24H27FO2. The van der Waals surface area contributed by atoms with Gasteiger partial charge in [-0.2, -0.15) is 0 Å². The number of phenolic OH excluding ortho intramolecular Hbond substituents is 2. The molecule has 0 aliphatic rings. The van der Waals surface area contributed by atoms with E-state index in [4.69, 9.17) is 0 Å². The minimum atomic E-state index is -0.281. The molecule has 3 heteroatoms. The summed E-state index contributed by atoms with van der Waals surface area (Å²) in [7, 11) is 0. The van der Waals surface area contributed by atoms with Gasteiger partial charge in [0.05, 0.1) is 0 Å². The molecule has 0 heterocycles. The molecule has 2 nitrogen and oxygen atoms in total. The maximum atomic E-state index is 12.9. The van der Waals surface area contributed by atoms with E-state index < -0.39 is 0 Å². The number of allylic oxidation sites excluding steroid dienone is 4. The Labute approximate surface area is 161 Å². The molecule has 2 aromatic carbocycles. The predicted molar refractivity (Wildman–Crippen MR) is 111 cm³/mol. The molecule has 27 heavy (non-hydrogen) atoms. The number of phenols is 2. The molecular weight excluding hydrogens is 339 g/mol. The van der Waals surface area contributed by atoms with Crippen molar-refractivity contribution < 1.29 is 14.6 Å². The van der Waals surface area contributed by atoms with Crippen LogP contribution in [-0.2, 0) is 6.42 Å². The van der Waals surface area contributed by atoms with Gasteiger partial charge in [-0.1, -0.05) is 47.6 Å². The molecule has 0 spiro atoms. The summed E-state index contributed by atoms with van der Waals surface area (Å²) in [5.74, 6) is -0.139. The molecule has 0 unspecified atom stereocenters.